The molecule has 38 heavy (non-hydrogen) atoms. The highest BCUT2D eigenvalue weighted by Crippen LogP contribution is 2.34. The van der Waals surface area contributed by atoms with E-state index in [1.54, 1.807) is 19.2 Å². The van der Waals surface area contributed by atoms with Crippen LogP contribution in [0, 0.1) is 5.82 Å². The molecule has 0 aromatic heterocycles. The van der Waals surface area contributed by atoms with Crippen molar-refractivity contribution < 1.29 is 23.3 Å². The first-order valence-corrected chi connectivity index (χ1v) is 13.5. The summed E-state index contributed by atoms with van der Waals surface area (Å²) >= 11 is 0. The van der Waals surface area contributed by atoms with Crippen LogP contribution in [0.25, 0.3) is 0 Å². The lowest BCUT2D eigenvalue weighted by Crippen LogP contribution is -2.41. The van der Waals surface area contributed by atoms with Crippen LogP contribution < -0.4 is 19.7 Å². The van der Waals surface area contributed by atoms with Gasteiger partial charge in [0.1, 0.15) is 30.5 Å². The molecular weight excluding hydrogens is 483 g/mol. The molecule has 2 aliphatic heterocycles. The first kappa shape index (κ1) is 26.5. The summed E-state index contributed by atoms with van der Waals surface area (Å²) in [5.41, 5.74) is 4.62. The summed E-state index contributed by atoms with van der Waals surface area (Å²) in [6.45, 7) is 6.06. The number of piperidine rings is 1. The molecule has 0 amide bonds. The fourth-order valence-corrected chi connectivity index (χ4v) is 5.21. The van der Waals surface area contributed by atoms with Crippen LogP contribution in [0.2, 0.25) is 0 Å². The van der Waals surface area contributed by atoms with E-state index in [2.05, 4.69) is 52.7 Å². The van der Waals surface area contributed by atoms with E-state index >= 15 is 0 Å². The molecule has 2 aliphatic rings. The minimum absolute atomic E-state index is 0.0863. The van der Waals surface area contributed by atoms with E-state index in [1.165, 1.54) is 17.7 Å². The molecule has 7 heteroatoms. The van der Waals surface area contributed by atoms with E-state index in [4.69, 9.17) is 18.9 Å². The lowest BCUT2D eigenvalue weighted by atomic mass is 9.87. The van der Waals surface area contributed by atoms with Gasteiger partial charge >= 0.3 is 0 Å². The maximum atomic E-state index is 13.4. The van der Waals surface area contributed by atoms with Crippen LogP contribution in [-0.2, 0) is 22.7 Å². The molecule has 1 N–H and O–H groups in total. The minimum atomic E-state index is -0.294. The van der Waals surface area contributed by atoms with Gasteiger partial charge in [0.15, 0.2) is 0 Å². The van der Waals surface area contributed by atoms with Crippen LogP contribution in [0.1, 0.15) is 35.4 Å². The van der Waals surface area contributed by atoms with Gasteiger partial charge in [0.2, 0.25) is 0 Å². The zero-order valence-electron chi connectivity index (χ0n) is 22.0. The Bertz CT molecular complexity index is 1170. The lowest BCUT2D eigenvalue weighted by Gasteiger charge is -2.33. The molecule has 1 saturated heterocycles. The monoisotopic (exact) mass is 520 g/mol. The third-order valence-corrected chi connectivity index (χ3v) is 7.26. The fraction of sp³-hybridized carbons (Fsp3) is 0.419. The SMILES string of the molecule is COCCCN1CCOc2ccc(CO[C@H]3CNCC[C@@H]3c3ccc(COc4cccc(F)c4)cc3)cc21. The summed E-state index contributed by atoms with van der Waals surface area (Å²) in [5.74, 6) is 1.50. The second kappa shape index (κ2) is 13.1. The molecule has 3 aromatic carbocycles. The lowest BCUT2D eigenvalue weighted by molar-refractivity contribution is 0.0106. The number of nitrogens with one attached hydrogen (secondary N) is 1. The molecule has 2 atom stereocenters. The van der Waals surface area contributed by atoms with Crippen LogP contribution in [0.15, 0.2) is 66.7 Å². The van der Waals surface area contributed by atoms with Gasteiger partial charge in [-0.25, -0.2) is 4.39 Å². The normalized spacial score (nSPS) is 19.1. The molecule has 0 spiro atoms. The summed E-state index contributed by atoms with van der Waals surface area (Å²) in [4.78, 5) is 2.38. The molecule has 0 saturated carbocycles. The van der Waals surface area contributed by atoms with E-state index < -0.39 is 0 Å². The topological polar surface area (TPSA) is 52.2 Å². The number of hydrogen-bond donors (Lipinski definition) is 1. The number of nitrogens with zero attached hydrogens (tertiary/aromatic N) is 1. The summed E-state index contributed by atoms with van der Waals surface area (Å²) in [6.07, 6.45) is 2.10. The molecule has 3 aromatic rings. The van der Waals surface area contributed by atoms with Crippen molar-refractivity contribution in [2.45, 2.75) is 38.1 Å². The van der Waals surface area contributed by atoms with Gasteiger partial charge in [-0.2, -0.15) is 0 Å². The van der Waals surface area contributed by atoms with Crippen molar-refractivity contribution in [3.63, 3.8) is 0 Å². The van der Waals surface area contributed by atoms with Crippen molar-refractivity contribution in [1.29, 1.82) is 0 Å². The van der Waals surface area contributed by atoms with Crippen LogP contribution in [0.3, 0.4) is 0 Å². The van der Waals surface area contributed by atoms with Crippen molar-refractivity contribution in [2.75, 3.05) is 51.4 Å². The van der Waals surface area contributed by atoms with E-state index in [-0.39, 0.29) is 11.9 Å². The molecular formula is C31H37FN2O4. The highest BCUT2D eigenvalue weighted by molar-refractivity contribution is 5.61. The first-order valence-electron chi connectivity index (χ1n) is 13.5. The van der Waals surface area contributed by atoms with Crippen molar-refractivity contribution in [1.82, 2.24) is 5.32 Å². The maximum absolute atomic E-state index is 13.4. The molecule has 202 valence electrons. The van der Waals surface area contributed by atoms with Crippen LogP contribution >= 0.6 is 0 Å². The predicted molar refractivity (Wildman–Crippen MR) is 147 cm³/mol. The third-order valence-electron chi connectivity index (χ3n) is 7.26. The molecule has 5 rings (SSSR count). The van der Waals surface area contributed by atoms with Crippen LogP contribution in [-0.4, -0.2) is 52.6 Å². The van der Waals surface area contributed by atoms with Gasteiger partial charge in [-0.05, 0) is 60.3 Å². The number of anilines is 1. The van der Waals surface area contributed by atoms with Crippen molar-refractivity contribution in [3.8, 4) is 11.5 Å². The third kappa shape index (κ3) is 6.84. The number of rotatable bonds is 11. The van der Waals surface area contributed by atoms with Crippen LogP contribution in [0.4, 0.5) is 10.1 Å². The van der Waals surface area contributed by atoms with E-state index in [0.717, 1.165) is 68.2 Å². The van der Waals surface area contributed by atoms with Gasteiger partial charge < -0.3 is 29.2 Å². The van der Waals surface area contributed by atoms with E-state index in [0.29, 0.717) is 31.5 Å². The van der Waals surface area contributed by atoms with E-state index in [9.17, 15) is 4.39 Å². The number of fused-ring (bicyclic) bond motifs is 1. The maximum Gasteiger partial charge on any atom is 0.142 e. The van der Waals surface area contributed by atoms with Crippen molar-refractivity contribution in [2.24, 2.45) is 0 Å². The van der Waals surface area contributed by atoms with Gasteiger partial charge in [-0.3, -0.25) is 0 Å². The molecule has 0 unspecified atom stereocenters. The van der Waals surface area contributed by atoms with Crippen molar-refractivity contribution >= 4 is 5.69 Å². The Labute approximate surface area is 224 Å². The summed E-state index contributed by atoms with van der Waals surface area (Å²) < 4.78 is 36.8. The molecule has 0 bridgehead atoms. The molecule has 1 fully saturated rings. The standard InChI is InChI=1S/C31H37FN2O4/c1-35-16-3-14-34-15-17-36-30-11-8-24(18-29(30)34)22-38-31-20-33-13-12-28(31)25-9-6-23(7-10-25)21-37-27-5-2-4-26(32)19-27/h2,4-11,18-19,28,31,33H,3,12-17,20-22H2,1H3/t28-,31+/m1/s1. The van der Waals surface area contributed by atoms with Gasteiger partial charge in [0.05, 0.1) is 24.9 Å². The second-order valence-electron chi connectivity index (χ2n) is 9.92. The highest BCUT2D eigenvalue weighted by Gasteiger charge is 2.27. The zero-order valence-corrected chi connectivity index (χ0v) is 22.0. The number of halogens is 1. The largest absolute Gasteiger partial charge is 0.490 e. The Morgan fingerprint density at radius 3 is 2.74 bits per heavy atom. The first-order chi connectivity index (χ1) is 18.7. The fourth-order valence-electron chi connectivity index (χ4n) is 5.21. The zero-order chi connectivity index (χ0) is 26.2. The predicted octanol–water partition coefficient (Wildman–Crippen LogP) is 5.30. The van der Waals surface area contributed by atoms with Crippen LogP contribution in [0.5, 0.6) is 11.5 Å². The number of benzene rings is 3. The number of methoxy groups -OCH3 is 1. The minimum Gasteiger partial charge on any atom is -0.490 e. The number of hydrogen-bond acceptors (Lipinski definition) is 6. The average molecular weight is 521 g/mol. The molecule has 6 nitrogen and oxygen atoms in total. The Balaban J connectivity index is 1.19. The van der Waals surface area contributed by atoms with Gasteiger partial charge in [0.25, 0.3) is 0 Å². The highest BCUT2D eigenvalue weighted by atomic mass is 19.1. The molecule has 2 heterocycles. The Kier molecular flexibility index (Phi) is 9.12. The number of ether oxygens (including phenoxy) is 4. The Morgan fingerprint density at radius 2 is 1.89 bits per heavy atom. The van der Waals surface area contributed by atoms with Crippen molar-refractivity contribution in [3.05, 3.63) is 89.2 Å². The summed E-state index contributed by atoms with van der Waals surface area (Å²) in [6, 6.07) is 21.1. The Morgan fingerprint density at radius 1 is 1.03 bits per heavy atom. The van der Waals surface area contributed by atoms with Gasteiger partial charge in [-0.1, -0.05) is 36.4 Å². The second-order valence-corrected chi connectivity index (χ2v) is 9.92. The van der Waals surface area contributed by atoms with Gasteiger partial charge in [0, 0.05) is 38.8 Å². The summed E-state index contributed by atoms with van der Waals surface area (Å²) in [5, 5.41) is 3.50. The quantitative estimate of drug-likeness (QED) is 0.346. The van der Waals surface area contributed by atoms with E-state index in [1.807, 2.05) is 0 Å². The molecule has 0 aliphatic carbocycles. The smallest absolute Gasteiger partial charge is 0.142 e. The average Bonchev–Trinajstić information content (AvgIpc) is 2.96. The molecule has 0 radical (unpaired) electrons. The summed E-state index contributed by atoms with van der Waals surface area (Å²) in [7, 11) is 1.74. The van der Waals surface area contributed by atoms with Gasteiger partial charge in [-0.15, -0.1) is 0 Å². The Hall–Kier alpha value is -3.13.